The van der Waals surface area contributed by atoms with E-state index in [0.717, 1.165) is 11.1 Å². The molecule has 0 heterocycles. The van der Waals surface area contributed by atoms with E-state index >= 15 is 0 Å². The van der Waals surface area contributed by atoms with E-state index in [1.807, 2.05) is 87.7 Å². The van der Waals surface area contributed by atoms with Crippen molar-refractivity contribution in [1.29, 1.82) is 0 Å². The normalized spacial score (nSPS) is 10.7. The maximum absolute atomic E-state index is 12.7. The molecule has 0 N–H and O–H groups in total. The molecule has 3 aromatic rings. The Labute approximate surface area is 178 Å². The molecule has 0 amide bonds. The quantitative estimate of drug-likeness (QED) is 0.425. The lowest BCUT2D eigenvalue weighted by molar-refractivity contribution is -0.176. The van der Waals surface area contributed by atoms with Gasteiger partial charge in [0.05, 0.1) is 0 Å². The van der Waals surface area contributed by atoms with Gasteiger partial charge in [0, 0.05) is 30.9 Å². The Hall–Kier alpha value is -3.08. The molecular formula is C26H27O4. The van der Waals surface area contributed by atoms with Crippen LogP contribution in [-0.4, -0.2) is 26.3 Å². The first kappa shape index (κ1) is 23.2. The molecule has 0 aliphatic rings. The molecule has 4 nitrogen and oxygen atoms in total. The van der Waals surface area contributed by atoms with Gasteiger partial charge in [-0.1, -0.05) is 78.4 Å². The Balaban J connectivity index is 0.000000248. The number of carbonyl (C=O) groups excluding carboxylic acids is 2. The Bertz CT molecular complexity index is 951. The number of hydrogen-bond acceptors (Lipinski definition) is 4. The molecule has 4 heteroatoms. The topological polar surface area (TPSA) is 52.6 Å². The average Bonchev–Trinajstić information content (AvgIpc) is 2.76. The molecule has 155 valence electrons. The van der Waals surface area contributed by atoms with Gasteiger partial charge in [0.25, 0.3) is 5.79 Å². The molecule has 3 rings (SSSR count). The summed E-state index contributed by atoms with van der Waals surface area (Å²) in [6.45, 7) is 5.88. The molecule has 3 aromatic carbocycles. The molecule has 0 fully saturated rings. The highest BCUT2D eigenvalue weighted by Crippen LogP contribution is 2.30. The average molecular weight is 403 g/mol. The van der Waals surface area contributed by atoms with E-state index in [9.17, 15) is 9.59 Å². The Kier molecular flexibility index (Phi) is 8.22. The first-order valence-electron chi connectivity index (χ1n) is 9.61. The van der Waals surface area contributed by atoms with Crippen LogP contribution in [-0.2, 0) is 20.1 Å². The van der Waals surface area contributed by atoms with Gasteiger partial charge in [0.15, 0.2) is 0 Å². The second-order valence-corrected chi connectivity index (χ2v) is 6.96. The van der Waals surface area contributed by atoms with Gasteiger partial charge in [-0.05, 0) is 31.9 Å². The van der Waals surface area contributed by atoms with Gasteiger partial charge in [-0.15, -0.1) is 0 Å². The number of ether oxygens (including phenoxy) is 2. The van der Waals surface area contributed by atoms with E-state index < -0.39 is 5.79 Å². The second-order valence-electron chi connectivity index (χ2n) is 6.96. The summed E-state index contributed by atoms with van der Waals surface area (Å²) in [5.74, 6) is -1.62. The fourth-order valence-electron chi connectivity index (χ4n) is 3.41. The zero-order valence-electron chi connectivity index (χ0n) is 18.1. The fourth-order valence-corrected chi connectivity index (χ4v) is 3.41. The monoisotopic (exact) mass is 403 g/mol. The van der Waals surface area contributed by atoms with Crippen LogP contribution in [0.3, 0.4) is 0 Å². The molecule has 0 unspecified atom stereocenters. The van der Waals surface area contributed by atoms with Crippen LogP contribution in [0.1, 0.15) is 38.2 Å². The van der Waals surface area contributed by atoms with Crippen molar-refractivity contribution in [2.45, 2.75) is 26.6 Å². The number of ketones is 1. The Morgan fingerprint density at radius 2 is 1.27 bits per heavy atom. The SMILES string of the molecule is COC(OC)(C(=O)c1ccccc1)c1ccccc1.Cc1cc(C)c([C]=O)c(C)c1. The van der Waals surface area contributed by atoms with Crippen LogP contribution in [0, 0.1) is 20.8 Å². The van der Waals surface area contributed by atoms with Crippen LogP contribution in [0.4, 0.5) is 0 Å². The first-order valence-corrected chi connectivity index (χ1v) is 9.61. The van der Waals surface area contributed by atoms with Gasteiger partial charge in [0.2, 0.25) is 12.1 Å². The lowest BCUT2D eigenvalue weighted by atomic mass is 9.96. The second kappa shape index (κ2) is 10.6. The van der Waals surface area contributed by atoms with Gasteiger partial charge < -0.3 is 9.47 Å². The minimum absolute atomic E-state index is 0.218. The van der Waals surface area contributed by atoms with E-state index in [-0.39, 0.29) is 5.78 Å². The predicted molar refractivity (Wildman–Crippen MR) is 118 cm³/mol. The van der Waals surface area contributed by atoms with Crippen LogP contribution in [0.15, 0.2) is 72.8 Å². The van der Waals surface area contributed by atoms with E-state index in [0.29, 0.717) is 16.7 Å². The van der Waals surface area contributed by atoms with E-state index in [1.54, 1.807) is 12.1 Å². The van der Waals surface area contributed by atoms with Crippen LogP contribution in [0.2, 0.25) is 0 Å². The summed E-state index contributed by atoms with van der Waals surface area (Å²) in [6, 6.07) is 22.2. The summed E-state index contributed by atoms with van der Waals surface area (Å²) in [5, 5.41) is 0. The fraction of sp³-hybridized carbons (Fsp3) is 0.231. The summed E-state index contributed by atoms with van der Waals surface area (Å²) in [4.78, 5) is 23.1. The molecule has 1 radical (unpaired) electrons. The molecule has 0 spiro atoms. The van der Waals surface area contributed by atoms with Gasteiger partial charge in [-0.3, -0.25) is 9.59 Å². The summed E-state index contributed by atoms with van der Waals surface area (Å²) >= 11 is 0. The van der Waals surface area contributed by atoms with Crippen molar-refractivity contribution in [2.24, 2.45) is 0 Å². The molecule has 0 aliphatic heterocycles. The summed E-state index contributed by atoms with van der Waals surface area (Å²) in [7, 11) is 2.94. The number of methoxy groups -OCH3 is 2. The zero-order chi connectivity index (χ0) is 22.1. The number of benzene rings is 3. The van der Waals surface area contributed by atoms with Gasteiger partial charge >= 0.3 is 0 Å². The van der Waals surface area contributed by atoms with E-state index in [1.165, 1.54) is 19.8 Å². The highest BCUT2D eigenvalue weighted by molar-refractivity contribution is 6.02. The summed E-state index contributed by atoms with van der Waals surface area (Å²) in [6.07, 6.45) is 1.94. The van der Waals surface area contributed by atoms with Crippen LogP contribution < -0.4 is 0 Å². The molecule has 0 bridgehead atoms. The number of hydrogen-bond donors (Lipinski definition) is 0. The van der Waals surface area contributed by atoms with Crippen molar-refractivity contribution in [1.82, 2.24) is 0 Å². The largest absolute Gasteiger partial charge is 0.343 e. The molecule has 30 heavy (non-hydrogen) atoms. The number of carbonyl (C=O) groups is 1. The van der Waals surface area contributed by atoms with Crippen molar-refractivity contribution < 1.29 is 19.1 Å². The van der Waals surface area contributed by atoms with Crippen LogP contribution >= 0.6 is 0 Å². The highest BCUT2D eigenvalue weighted by atomic mass is 16.7. The smallest absolute Gasteiger partial charge is 0.260 e. The number of rotatable bonds is 6. The lowest BCUT2D eigenvalue weighted by Gasteiger charge is -2.29. The highest BCUT2D eigenvalue weighted by Gasteiger charge is 2.41. The van der Waals surface area contributed by atoms with Crippen LogP contribution in [0.5, 0.6) is 0 Å². The van der Waals surface area contributed by atoms with Crippen molar-refractivity contribution >= 4 is 12.1 Å². The van der Waals surface area contributed by atoms with Gasteiger partial charge in [-0.2, -0.15) is 0 Å². The van der Waals surface area contributed by atoms with Crippen molar-refractivity contribution in [2.75, 3.05) is 14.2 Å². The van der Waals surface area contributed by atoms with E-state index in [4.69, 9.17) is 9.47 Å². The third kappa shape index (κ3) is 5.09. The van der Waals surface area contributed by atoms with Crippen molar-refractivity contribution in [3.8, 4) is 0 Å². The van der Waals surface area contributed by atoms with Gasteiger partial charge in [0.1, 0.15) is 0 Å². The Morgan fingerprint density at radius 3 is 1.70 bits per heavy atom. The summed E-state index contributed by atoms with van der Waals surface area (Å²) < 4.78 is 10.8. The minimum Gasteiger partial charge on any atom is -0.343 e. The number of aryl methyl sites for hydroxylation is 3. The molecule has 0 saturated heterocycles. The van der Waals surface area contributed by atoms with Gasteiger partial charge in [-0.25, -0.2) is 0 Å². The maximum Gasteiger partial charge on any atom is 0.260 e. The molecule has 0 atom stereocenters. The summed E-state index contributed by atoms with van der Waals surface area (Å²) in [5.41, 5.74) is 5.15. The lowest BCUT2D eigenvalue weighted by Crippen LogP contribution is -2.39. The first-order chi connectivity index (χ1) is 14.4. The van der Waals surface area contributed by atoms with Crippen LogP contribution in [0.25, 0.3) is 0 Å². The number of Topliss-reactive ketones (excluding diaryl/α,β-unsaturated/α-hetero) is 1. The molecule has 0 saturated carbocycles. The van der Waals surface area contributed by atoms with E-state index in [2.05, 4.69) is 0 Å². The third-order valence-electron chi connectivity index (χ3n) is 4.84. The molecule has 0 aliphatic carbocycles. The van der Waals surface area contributed by atoms with Crippen molar-refractivity contribution in [3.05, 3.63) is 106 Å². The standard InChI is InChI=1S/C16H16O3.C10H11O/c1-18-16(19-2,14-11-7-4-8-12-14)15(17)13-9-5-3-6-10-13;1-7-4-8(2)10(6-11)9(3)5-7/h3-12H,1-2H3;4-5H,1-3H3. The van der Waals surface area contributed by atoms with Crippen molar-refractivity contribution in [3.63, 3.8) is 0 Å². The Morgan fingerprint density at radius 1 is 0.800 bits per heavy atom. The predicted octanol–water partition coefficient (Wildman–Crippen LogP) is 5.08. The maximum atomic E-state index is 12.7. The molecule has 0 aromatic heterocycles. The molecular weight excluding hydrogens is 376 g/mol. The zero-order valence-corrected chi connectivity index (χ0v) is 18.1. The third-order valence-corrected chi connectivity index (χ3v) is 4.84. The minimum atomic E-state index is -1.40.